The van der Waals surface area contributed by atoms with Crippen LogP contribution in [-0.2, 0) is 0 Å². The Bertz CT molecular complexity index is 552. The molecule has 2 rings (SSSR count). The molecule has 17 heavy (non-hydrogen) atoms. The van der Waals surface area contributed by atoms with E-state index >= 15 is 0 Å². The van der Waals surface area contributed by atoms with Gasteiger partial charge in [0.15, 0.2) is 0 Å². The fourth-order valence-corrected chi connectivity index (χ4v) is 1.51. The number of nitrogens with zero attached hydrogens (tertiary/aromatic N) is 1. The molecule has 0 aliphatic rings. The minimum atomic E-state index is -0.245. The number of aryl methyl sites for hydroxylation is 1. The summed E-state index contributed by atoms with van der Waals surface area (Å²) in [5, 5.41) is 2.81. The SMILES string of the molecule is Cc1ccccc1NC(=O)c1cccnc1N. The number of pyridine rings is 1. The number of hydrogen-bond acceptors (Lipinski definition) is 3. The van der Waals surface area contributed by atoms with Crippen molar-refractivity contribution in [3.63, 3.8) is 0 Å². The first-order valence-electron chi connectivity index (χ1n) is 5.26. The number of hydrogen-bond donors (Lipinski definition) is 2. The van der Waals surface area contributed by atoms with Gasteiger partial charge in [-0.25, -0.2) is 4.98 Å². The van der Waals surface area contributed by atoms with Crippen molar-refractivity contribution in [3.8, 4) is 0 Å². The fourth-order valence-electron chi connectivity index (χ4n) is 1.51. The first-order chi connectivity index (χ1) is 8.18. The van der Waals surface area contributed by atoms with Crippen LogP contribution in [0.25, 0.3) is 0 Å². The predicted octanol–water partition coefficient (Wildman–Crippen LogP) is 2.22. The number of carbonyl (C=O) groups excluding carboxylic acids is 1. The van der Waals surface area contributed by atoms with Gasteiger partial charge in [-0.05, 0) is 30.7 Å². The molecule has 1 aromatic heterocycles. The highest BCUT2D eigenvalue weighted by Gasteiger charge is 2.10. The summed E-state index contributed by atoms with van der Waals surface area (Å²) < 4.78 is 0. The number of anilines is 2. The third-order valence-corrected chi connectivity index (χ3v) is 2.48. The lowest BCUT2D eigenvalue weighted by atomic mass is 10.2. The van der Waals surface area contributed by atoms with E-state index in [9.17, 15) is 4.79 Å². The molecule has 0 aliphatic carbocycles. The highest BCUT2D eigenvalue weighted by molar-refractivity contribution is 6.07. The van der Waals surface area contributed by atoms with Crippen LogP contribution in [0.5, 0.6) is 0 Å². The van der Waals surface area contributed by atoms with E-state index < -0.39 is 0 Å². The molecule has 0 unspecified atom stereocenters. The van der Waals surface area contributed by atoms with Crippen LogP contribution in [-0.4, -0.2) is 10.9 Å². The summed E-state index contributed by atoms with van der Waals surface area (Å²) in [5.74, 6) is -0.0107. The number of para-hydroxylation sites is 1. The Morgan fingerprint density at radius 2 is 2.00 bits per heavy atom. The zero-order chi connectivity index (χ0) is 12.3. The van der Waals surface area contributed by atoms with Crippen LogP contribution in [0.1, 0.15) is 15.9 Å². The second kappa shape index (κ2) is 4.65. The van der Waals surface area contributed by atoms with Crippen LogP contribution in [0, 0.1) is 6.92 Å². The Morgan fingerprint density at radius 1 is 1.24 bits per heavy atom. The molecule has 0 bridgehead atoms. The van der Waals surface area contributed by atoms with Gasteiger partial charge in [-0.3, -0.25) is 4.79 Å². The molecular formula is C13H13N3O. The van der Waals surface area contributed by atoms with Gasteiger partial charge < -0.3 is 11.1 Å². The van der Waals surface area contributed by atoms with Crippen molar-refractivity contribution in [3.05, 3.63) is 53.7 Å². The first kappa shape index (κ1) is 11.1. The molecule has 1 heterocycles. The van der Waals surface area contributed by atoms with E-state index in [1.165, 1.54) is 0 Å². The van der Waals surface area contributed by atoms with Gasteiger partial charge in [0.25, 0.3) is 5.91 Å². The maximum Gasteiger partial charge on any atom is 0.259 e. The Kier molecular flexibility index (Phi) is 3.05. The van der Waals surface area contributed by atoms with Crippen molar-refractivity contribution in [2.75, 3.05) is 11.1 Å². The third-order valence-electron chi connectivity index (χ3n) is 2.48. The maximum absolute atomic E-state index is 12.0. The average molecular weight is 227 g/mol. The van der Waals surface area contributed by atoms with E-state index in [-0.39, 0.29) is 11.7 Å². The zero-order valence-electron chi connectivity index (χ0n) is 9.47. The first-order valence-corrected chi connectivity index (χ1v) is 5.26. The lowest BCUT2D eigenvalue weighted by Crippen LogP contribution is -2.15. The second-order valence-corrected chi connectivity index (χ2v) is 3.71. The van der Waals surface area contributed by atoms with E-state index in [0.29, 0.717) is 5.56 Å². The van der Waals surface area contributed by atoms with Crippen LogP contribution < -0.4 is 11.1 Å². The molecule has 4 nitrogen and oxygen atoms in total. The molecule has 0 saturated heterocycles. The number of rotatable bonds is 2. The van der Waals surface area contributed by atoms with E-state index in [4.69, 9.17) is 5.73 Å². The highest BCUT2D eigenvalue weighted by atomic mass is 16.1. The van der Waals surface area contributed by atoms with Gasteiger partial charge in [-0.2, -0.15) is 0 Å². The van der Waals surface area contributed by atoms with Gasteiger partial charge in [-0.15, -0.1) is 0 Å². The molecule has 2 aromatic rings. The maximum atomic E-state index is 12.0. The van der Waals surface area contributed by atoms with Gasteiger partial charge in [0.1, 0.15) is 5.82 Å². The van der Waals surface area contributed by atoms with Gasteiger partial charge in [-0.1, -0.05) is 18.2 Å². The zero-order valence-corrected chi connectivity index (χ0v) is 9.47. The molecule has 3 N–H and O–H groups in total. The van der Waals surface area contributed by atoms with Gasteiger partial charge in [0, 0.05) is 11.9 Å². The number of carbonyl (C=O) groups is 1. The van der Waals surface area contributed by atoms with Crippen LogP contribution >= 0.6 is 0 Å². The van der Waals surface area contributed by atoms with E-state index in [1.807, 2.05) is 31.2 Å². The number of benzene rings is 1. The summed E-state index contributed by atoms with van der Waals surface area (Å²) in [6.07, 6.45) is 1.56. The van der Waals surface area contributed by atoms with Crippen molar-refractivity contribution in [1.82, 2.24) is 4.98 Å². The quantitative estimate of drug-likeness (QED) is 0.826. The number of nitrogens with two attached hydrogens (primary N) is 1. The predicted molar refractivity (Wildman–Crippen MR) is 67.8 cm³/mol. The standard InChI is InChI=1S/C13H13N3O/c1-9-5-2-3-7-11(9)16-13(17)10-6-4-8-15-12(10)14/h2-8H,1H3,(H2,14,15)(H,16,17). The van der Waals surface area contributed by atoms with Crippen molar-refractivity contribution in [2.24, 2.45) is 0 Å². The smallest absolute Gasteiger partial charge is 0.259 e. The van der Waals surface area contributed by atoms with Crippen LogP contribution in [0.2, 0.25) is 0 Å². The molecule has 0 atom stereocenters. The summed E-state index contributed by atoms with van der Waals surface area (Å²) in [6.45, 7) is 1.93. The van der Waals surface area contributed by atoms with Crippen molar-refractivity contribution < 1.29 is 4.79 Å². The molecular weight excluding hydrogens is 214 g/mol. The molecule has 1 amide bonds. The van der Waals surface area contributed by atoms with Crippen molar-refractivity contribution in [2.45, 2.75) is 6.92 Å². The van der Waals surface area contributed by atoms with Gasteiger partial charge >= 0.3 is 0 Å². The lowest BCUT2D eigenvalue weighted by molar-refractivity contribution is 0.102. The van der Waals surface area contributed by atoms with E-state index in [1.54, 1.807) is 18.3 Å². The number of nitrogens with one attached hydrogen (secondary N) is 1. The van der Waals surface area contributed by atoms with E-state index in [0.717, 1.165) is 11.3 Å². The minimum absolute atomic E-state index is 0.235. The molecule has 1 aromatic carbocycles. The monoisotopic (exact) mass is 227 g/mol. The Balaban J connectivity index is 2.24. The molecule has 0 saturated carbocycles. The molecule has 0 fully saturated rings. The summed E-state index contributed by atoms with van der Waals surface area (Å²) in [6, 6.07) is 10.9. The van der Waals surface area contributed by atoms with E-state index in [2.05, 4.69) is 10.3 Å². The summed E-state index contributed by atoms with van der Waals surface area (Å²) in [7, 11) is 0. The van der Waals surface area contributed by atoms with Crippen LogP contribution in [0.15, 0.2) is 42.6 Å². The second-order valence-electron chi connectivity index (χ2n) is 3.71. The fraction of sp³-hybridized carbons (Fsp3) is 0.0769. The van der Waals surface area contributed by atoms with Crippen molar-refractivity contribution >= 4 is 17.4 Å². The minimum Gasteiger partial charge on any atom is -0.383 e. The highest BCUT2D eigenvalue weighted by Crippen LogP contribution is 2.16. The number of amides is 1. The molecule has 0 aliphatic heterocycles. The third kappa shape index (κ3) is 2.42. The number of nitrogen functional groups attached to an aromatic ring is 1. The van der Waals surface area contributed by atoms with Crippen molar-refractivity contribution in [1.29, 1.82) is 0 Å². The number of aromatic nitrogens is 1. The van der Waals surface area contributed by atoms with Crippen LogP contribution in [0.3, 0.4) is 0 Å². The van der Waals surface area contributed by atoms with Gasteiger partial charge in [0.05, 0.1) is 5.56 Å². The normalized spacial score (nSPS) is 9.94. The Labute approximate surface area is 99.5 Å². The summed E-state index contributed by atoms with van der Waals surface area (Å²) >= 11 is 0. The largest absolute Gasteiger partial charge is 0.383 e. The lowest BCUT2D eigenvalue weighted by Gasteiger charge is -2.08. The molecule has 86 valence electrons. The Morgan fingerprint density at radius 3 is 2.71 bits per heavy atom. The molecule has 0 radical (unpaired) electrons. The van der Waals surface area contributed by atoms with Gasteiger partial charge in [0.2, 0.25) is 0 Å². The average Bonchev–Trinajstić information content (AvgIpc) is 2.32. The molecule has 4 heteroatoms. The molecule has 0 spiro atoms. The topological polar surface area (TPSA) is 68.0 Å². The Hall–Kier alpha value is -2.36. The summed E-state index contributed by atoms with van der Waals surface area (Å²) in [4.78, 5) is 15.8. The van der Waals surface area contributed by atoms with Crippen LogP contribution in [0.4, 0.5) is 11.5 Å². The summed E-state index contributed by atoms with van der Waals surface area (Å²) in [5.41, 5.74) is 7.81.